The second-order valence-corrected chi connectivity index (χ2v) is 8.07. The number of hydrogen-bond donors (Lipinski definition) is 1. The number of halogens is 2. The molecule has 3 heterocycles. The van der Waals surface area contributed by atoms with Gasteiger partial charge in [0.15, 0.2) is 10.9 Å². The first-order valence-electron chi connectivity index (χ1n) is 9.35. The van der Waals surface area contributed by atoms with Crippen molar-refractivity contribution in [3.63, 3.8) is 0 Å². The summed E-state index contributed by atoms with van der Waals surface area (Å²) >= 11 is 18.1. The van der Waals surface area contributed by atoms with Crippen molar-refractivity contribution in [2.45, 2.75) is 13.1 Å². The molecule has 0 radical (unpaired) electrons. The lowest BCUT2D eigenvalue weighted by atomic mass is 10.2. The van der Waals surface area contributed by atoms with E-state index in [-0.39, 0.29) is 0 Å². The number of piperazine rings is 1. The van der Waals surface area contributed by atoms with E-state index in [2.05, 4.69) is 20.2 Å². The average Bonchev–Trinajstić information content (AvgIpc) is 3.37. The van der Waals surface area contributed by atoms with Crippen LogP contribution in [-0.4, -0.2) is 50.9 Å². The number of rotatable bonds is 5. The van der Waals surface area contributed by atoms with E-state index in [0.717, 1.165) is 44.0 Å². The third kappa shape index (κ3) is 5.11. The van der Waals surface area contributed by atoms with Crippen LogP contribution in [-0.2, 0) is 13.1 Å². The normalized spacial score (nSPS) is 14.9. The smallest absolute Gasteiger partial charge is 0.174 e. The zero-order valence-corrected chi connectivity index (χ0v) is 18.1. The maximum atomic E-state index is 6.25. The fraction of sp³-hybridized carbons (Fsp3) is 0.300. The molecule has 1 aliphatic heterocycles. The van der Waals surface area contributed by atoms with Crippen molar-refractivity contribution in [3.8, 4) is 0 Å². The quantitative estimate of drug-likeness (QED) is 0.584. The van der Waals surface area contributed by atoms with E-state index >= 15 is 0 Å². The molecule has 1 saturated heterocycles. The first kappa shape index (κ1) is 20.2. The van der Waals surface area contributed by atoms with Gasteiger partial charge in [-0.2, -0.15) is 5.10 Å². The molecule has 9 heteroatoms. The number of benzene rings is 1. The van der Waals surface area contributed by atoms with Gasteiger partial charge in [0.1, 0.15) is 5.76 Å². The molecule has 0 bridgehead atoms. The van der Waals surface area contributed by atoms with Crippen molar-refractivity contribution >= 4 is 46.4 Å². The second kappa shape index (κ2) is 9.17. The van der Waals surface area contributed by atoms with Gasteiger partial charge in [-0.15, -0.1) is 0 Å². The number of anilines is 1. The molecular formula is C20H21Cl2N5OS. The van der Waals surface area contributed by atoms with Crippen LogP contribution in [0.1, 0.15) is 11.3 Å². The Morgan fingerprint density at radius 2 is 1.79 bits per heavy atom. The first-order chi connectivity index (χ1) is 14.1. The molecule has 0 spiro atoms. The highest BCUT2D eigenvalue weighted by Gasteiger charge is 2.20. The highest BCUT2D eigenvalue weighted by atomic mass is 35.5. The summed E-state index contributed by atoms with van der Waals surface area (Å²) in [5.74, 6) is 1.69. The van der Waals surface area contributed by atoms with Crippen molar-refractivity contribution in [2.75, 3.05) is 31.5 Å². The number of furan rings is 1. The Kier molecular flexibility index (Phi) is 6.40. The number of thiocarbonyl (C=S) groups is 1. The van der Waals surface area contributed by atoms with Crippen molar-refractivity contribution in [1.82, 2.24) is 19.6 Å². The van der Waals surface area contributed by atoms with Gasteiger partial charge in [0.25, 0.3) is 0 Å². The third-order valence-corrected chi connectivity index (χ3v) is 5.94. The summed E-state index contributed by atoms with van der Waals surface area (Å²) < 4.78 is 7.22. The van der Waals surface area contributed by atoms with Crippen molar-refractivity contribution < 1.29 is 4.42 Å². The summed E-state index contributed by atoms with van der Waals surface area (Å²) in [6, 6.07) is 11.3. The molecule has 4 rings (SSSR count). The summed E-state index contributed by atoms with van der Waals surface area (Å²) in [6.45, 7) is 4.92. The largest absolute Gasteiger partial charge is 0.468 e. The van der Waals surface area contributed by atoms with Crippen LogP contribution in [0.15, 0.2) is 53.3 Å². The number of nitrogens with one attached hydrogen (secondary N) is 1. The minimum absolute atomic E-state index is 0.498. The molecular weight excluding hydrogens is 429 g/mol. The molecule has 0 saturated carbocycles. The van der Waals surface area contributed by atoms with Crippen molar-refractivity contribution in [2.24, 2.45) is 0 Å². The standard InChI is InChI=1S/C20H21Cl2N5OS/c21-17-4-1-5-18(22)16(17)14-27-7-6-19(24-27)23-20(29)26-10-8-25(9-11-26)13-15-3-2-12-28-15/h1-7,12H,8-11,13-14H2,(H,23,24,29). The van der Waals surface area contributed by atoms with E-state index in [1.807, 2.05) is 42.6 Å². The van der Waals surface area contributed by atoms with E-state index in [1.165, 1.54) is 0 Å². The van der Waals surface area contributed by atoms with Crippen LogP contribution in [0.3, 0.4) is 0 Å². The van der Waals surface area contributed by atoms with E-state index in [1.54, 1.807) is 10.9 Å². The number of nitrogens with zero attached hydrogens (tertiary/aromatic N) is 4. The molecule has 0 atom stereocenters. The Bertz CT molecular complexity index is 947. The van der Waals surface area contributed by atoms with Gasteiger partial charge in [-0.05, 0) is 36.5 Å². The van der Waals surface area contributed by atoms with Gasteiger partial charge in [0.05, 0.1) is 19.4 Å². The van der Waals surface area contributed by atoms with Crippen LogP contribution >= 0.6 is 35.4 Å². The number of aromatic nitrogens is 2. The van der Waals surface area contributed by atoms with Gasteiger partial charge >= 0.3 is 0 Å². The zero-order valence-electron chi connectivity index (χ0n) is 15.7. The molecule has 3 aromatic rings. The van der Waals surface area contributed by atoms with Crippen LogP contribution in [0.25, 0.3) is 0 Å². The molecule has 29 heavy (non-hydrogen) atoms. The summed E-state index contributed by atoms with van der Waals surface area (Å²) in [4.78, 5) is 4.53. The second-order valence-electron chi connectivity index (χ2n) is 6.87. The summed E-state index contributed by atoms with van der Waals surface area (Å²) in [7, 11) is 0. The molecule has 6 nitrogen and oxygen atoms in total. The van der Waals surface area contributed by atoms with Crippen LogP contribution in [0.4, 0.5) is 5.82 Å². The van der Waals surface area contributed by atoms with Gasteiger partial charge in [0.2, 0.25) is 0 Å². The predicted molar refractivity (Wildman–Crippen MR) is 120 cm³/mol. The van der Waals surface area contributed by atoms with E-state index in [0.29, 0.717) is 27.5 Å². The molecule has 0 unspecified atom stereocenters. The zero-order chi connectivity index (χ0) is 20.2. The van der Waals surface area contributed by atoms with Gasteiger partial charge in [-0.1, -0.05) is 29.3 Å². The maximum absolute atomic E-state index is 6.25. The van der Waals surface area contributed by atoms with Gasteiger partial charge in [0, 0.05) is 54.1 Å². The monoisotopic (exact) mass is 449 g/mol. The molecule has 2 aromatic heterocycles. The summed E-state index contributed by atoms with van der Waals surface area (Å²) in [5.41, 5.74) is 0.848. The topological polar surface area (TPSA) is 49.5 Å². The minimum atomic E-state index is 0.498. The molecule has 1 aromatic carbocycles. The van der Waals surface area contributed by atoms with E-state index in [4.69, 9.17) is 39.8 Å². The average molecular weight is 450 g/mol. The lowest BCUT2D eigenvalue weighted by Gasteiger charge is -2.35. The van der Waals surface area contributed by atoms with Gasteiger partial charge in [-0.25, -0.2) is 0 Å². The molecule has 1 aliphatic rings. The lowest BCUT2D eigenvalue weighted by molar-refractivity contribution is 0.166. The van der Waals surface area contributed by atoms with Gasteiger partial charge < -0.3 is 14.6 Å². The first-order valence-corrected chi connectivity index (χ1v) is 10.5. The van der Waals surface area contributed by atoms with Crippen molar-refractivity contribution in [3.05, 3.63) is 70.2 Å². The fourth-order valence-corrected chi connectivity index (χ4v) is 4.09. The van der Waals surface area contributed by atoms with Gasteiger partial charge in [-0.3, -0.25) is 9.58 Å². The highest BCUT2D eigenvalue weighted by molar-refractivity contribution is 7.80. The minimum Gasteiger partial charge on any atom is -0.468 e. The third-order valence-electron chi connectivity index (χ3n) is 4.88. The van der Waals surface area contributed by atoms with E-state index < -0.39 is 0 Å². The van der Waals surface area contributed by atoms with Crippen LogP contribution in [0.5, 0.6) is 0 Å². The molecule has 1 N–H and O–H groups in total. The van der Waals surface area contributed by atoms with Crippen LogP contribution in [0, 0.1) is 0 Å². The Morgan fingerprint density at radius 3 is 2.48 bits per heavy atom. The Hall–Kier alpha value is -2.06. The Balaban J connectivity index is 1.29. The van der Waals surface area contributed by atoms with E-state index in [9.17, 15) is 0 Å². The molecule has 0 aliphatic carbocycles. The predicted octanol–water partition coefficient (Wildman–Crippen LogP) is 4.35. The van der Waals surface area contributed by atoms with Crippen LogP contribution in [0.2, 0.25) is 10.0 Å². The number of hydrogen-bond acceptors (Lipinski definition) is 4. The molecule has 152 valence electrons. The maximum Gasteiger partial charge on any atom is 0.174 e. The Labute approximate surface area is 185 Å². The summed E-state index contributed by atoms with van der Waals surface area (Å²) in [6.07, 6.45) is 3.59. The molecule has 1 fully saturated rings. The lowest BCUT2D eigenvalue weighted by Crippen LogP contribution is -2.49. The SMILES string of the molecule is S=C(Nc1ccn(Cc2c(Cl)cccc2Cl)n1)N1CCN(Cc2ccco2)CC1. The summed E-state index contributed by atoms with van der Waals surface area (Å²) in [5, 5.41) is 9.71. The Morgan fingerprint density at radius 1 is 1.03 bits per heavy atom. The fourth-order valence-electron chi connectivity index (χ4n) is 3.28. The highest BCUT2D eigenvalue weighted by Crippen LogP contribution is 2.25. The van der Waals surface area contributed by atoms with Crippen molar-refractivity contribution in [1.29, 1.82) is 0 Å². The molecule has 0 amide bonds. The van der Waals surface area contributed by atoms with Crippen LogP contribution < -0.4 is 5.32 Å².